The quantitative estimate of drug-likeness (QED) is 0.801. The second-order valence-electron chi connectivity index (χ2n) is 7.75. The summed E-state index contributed by atoms with van der Waals surface area (Å²) in [4.78, 5) is 26.9. The summed E-state index contributed by atoms with van der Waals surface area (Å²) >= 11 is 0. The SMILES string of the molecule is O=C(CC(C1CCC1)C1CCC1)Nc1cnn(Cc2ccc[nH]c2=O)c1. The van der Waals surface area contributed by atoms with E-state index in [1.807, 2.05) is 0 Å². The Labute approximate surface area is 153 Å². The van der Waals surface area contributed by atoms with Crippen LogP contribution >= 0.6 is 0 Å². The smallest absolute Gasteiger partial charge is 0.253 e. The largest absolute Gasteiger partial charge is 0.329 e. The maximum Gasteiger partial charge on any atom is 0.253 e. The zero-order valence-corrected chi connectivity index (χ0v) is 15.0. The summed E-state index contributed by atoms with van der Waals surface area (Å²) in [5, 5.41) is 7.25. The fourth-order valence-corrected chi connectivity index (χ4v) is 4.15. The number of rotatable bonds is 7. The minimum atomic E-state index is -0.113. The van der Waals surface area contributed by atoms with Crippen LogP contribution in [-0.2, 0) is 11.3 Å². The molecule has 6 nitrogen and oxygen atoms in total. The molecule has 2 heterocycles. The van der Waals surface area contributed by atoms with Gasteiger partial charge < -0.3 is 10.3 Å². The van der Waals surface area contributed by atoms with E-state index in [2.05, 4.69) is 15.4 Å². The van der Waals surface area contributed by atoms with E-state index >= 15 is 0 Å². The number of aromatic nitrogens is 3. The molecule has 0 aliphatic heterocycles. The predicted molar refractivity (Wildman–Crippen MR) is 99.8 cm³/mol. The van der Waals surface area contributed by atoms with E-state index in [4.69, 9.17) is 0 Å². The molecule has 2 N–H and O–H groups in total. The molecular weight excluding hydrogens is 328 g/mol. The molecule has 2 aromatic rings. The second kappa shape index (κ2) is 7.48. The van der Waals surface area contributed by atoms with Crippen molar-refractivity contribution >= 4 is 11.6 Å². The number of nitrogens with zero attached hydrogens (tertiary/aromatic N) is 2. The molecule has 0 atom stereocenters. The first-order valence-electron chi connectivity index (χ1n) is 9.68. The summed E-state index contributed by atoms with van der Waals surface area (Å²) < 4.78 is 1.68. The Bertz CT molecular complexity index is 803. The number of pyridine rings is 1. The Hall–Kier alpha value is -2.37. The average Bonchev–Trinajstić information content (AvgIpc) is 2.93. The van der Waals surface area contributed by atoms with E-state index in [0.29, 0.717) is 30.1 Å². The van der Waals surface area contributed by atoms with Gasteiger partial charge in [-0.1, -0.05) is 44.6 Å². The minimum Gasteiger partial charge on any atom is -0.329 e. The van der Waals surface area contributed by atoms with Crippen LogP contribution in [0.4, 0.5) is 5.69 Å². The molecular formula is C20H26N4O2. The highest BCUT2D eigenvalue weighted by atomic mass is 16.1. The molecule has 0 unspecified atom stereocenters. The van der Waals surface area contributed by atoms with Gasteiger partial charge in [0, 0.05) is 24.4 Å². The number of aromatic amines is 1. The van der Waals surface area contributed by atoms with Gasteiger partial charge in [-0.05, 0) is 23.8 Å². The molecule has 2 fully saturated rings. The van der Waals surface area contributed by atoms with Gasteiger partial charge in [-0.25, -0.2) is 0 Å². The van der Waals surface area contributed by atoms with E-state index in [1.165, 1.54) is 38.5 Å². The van der Waals surface area contributed by atoms with Crippen molar-refractivity contribution in [3.05, 3.63) is 46.6 Å². The Kier molecular flexibility index (Phi) is 4.91. The van der Waals surface area contributed by atoms with Gasteiger partial charge in [-0.2, -0.15) is 5.10 Å². The number of amides is 1. The fourth-order valence-electron chi connectivity index (χ4n) is 4.15. The molecule has 6 heteroatoms. The topological polar surface area (TPSA) is 79.8 Å². The Morgan fingerprint density at radius 3 is 2.62 bits per heavy atom. The third-order valence-corrected chi connectivity index (χ3v) is 6.08. The molecule has 2 aliphatic rings. The van der Waals surface area contributed by atoms with Gasteiger partial charge >= 0.3 is 0 Å². The summed E-state index contributed by atoms with van der Waals surface area (Å²) in [7, 11) is 0. The normalized spacial score (nSPS) is 17.7. The first-order valence-corrected chi connectivity index (χ1v) is 9.68. The molecule has 26 heavy (non-hydrogen) atoms. The van der Waals surface area contributed by atoms with Crippen LogP contribution in [0.15, 0.2) is 35.5 Å². The molecule has 1 amide bonds. The molecule has 0 saturated heterocycles. The summed E-state index contributed by atoms with van der Waals surface area (Å²) in [6.07, 6.45) is 13.5. The molecule has 0 aromatic carbocycles. The summed E-state index contributed by atoms with van der Waals surface area (Å²) in [5.74, 6) is 2.14. The third kappa shape index (κ3) is 3.74. The number of hydrogen-bond acceptors (Lipinski definition) is 3. The van der Waals surface area contributed by atoms with Crippen LogP contribution in [0.1, 0.15) is 50.5 Å². The van der Waals surface area contributed by atoms with Crippen molar-refractivity contribution in [3.63, 3.8) is 0 Å². The van der Waals surface area contributed by atoms with Gasteiger partial charge in [-0.3, -0.25) is 14.3 Å². The highest BCUT2D eigenvalue weighted by Crippen LogP contribution is 2.46. The van der Waals surface area contributed by atoms with Gasteiger partial charge in [0.25, 0.3) is 5.56 Å². The summed E-state index contributed by atoms with van der Waals surface area (Å²) in [5.41, 5.74) is 1.23. The molecule has 2 aromatic heterocycles. The molecule has 2 aliphatic carbocycles. The number of nitrogens with one attached hydrogen (secondary N) is 2. The van der Waals surface area contributed by atoms with Crippen molar-refractivity contribution < 1.29 is 4.79 Å². The zero-order valence-electron chi connectivity index (χ0n) is 15.0. The van der Waals surface area contributed by atoms with Crippen molar-refractivity contribution in [1.82, 2.24) is 14.8 Å². The van der Waals surface area contributed by atoms with Crippen molar-refractivity contribution in [2.45, 2.75) is 51.5 Å². The van der Waals surface area contributed by atoms with E-state index in [9.17, 15) is 9.59 Å². The number of carbonyl (C=O) groups is 1. The summed E-state index contributed by atoms with van der Waals surface area (Å²) in [6.45, 7) is 0.388. The predicted octanol–water partition coefficient (Wildman–Crippen LogP) is 3.16. The highest BCUT2D eigenvalue weighted by Gasteiger charge is 2.37. The lowest BCUT2D eigenvalue weighted by Crippen LogP contribution is -2.35. The lowest BCUT2D eigenvalue weighted by Gasteiger charge is -2.42. The van der Waals surface area contributed by atoms with E-state index < -0.39 is 0 Å². The van der Waals surface area contributed by atoms with Crippen molar-refractivity contribution in [2.24, 2.45) is 17.8 Å². The van der Waals surface area contributed by atoms with E-state index in [0.717, 1.165) is 11.8 Å². The first kappa shape index (κ1) is 17.1. The van der Waals surface area contributed by atoms with Crippen molar-refractivity contribution in [2.75, 3.05) is 5.32 Å². The van der Waals surface area contributed by atoms with Gasteiger partial charge in [0.15, 0.2) is 0 Å². The number of hydrogen-bond donors (Lipinski definition) is 2. The molecule has 0 spiro atoms. The first-order chi connectivity index (χ1) is 12.7. The minimum absolute atomic E-state index is 0.0888. The van der Waals surface area contributed by atoms with Gasteiger partial charge in [-0.15, -0.1) is 0 Å². The third-order valence-electron chi connectivity index (χ3n) is 6.08. The van der Waals surface area contributed by atoms with Crippen molar-refractivity contribution in [1.29, 1.82) is 0 Å². The maximum absolute atomic E-state index is 12.5. The van der Waals surface area contributed by atoms with Gasteiger partial charge in [0.05, 0.1) is 18.4 Å². The Balaban J connectivity index is 1.35. The number of carbonyl (C=O) groups excluding carboxylic acids is 1. The average molecular weight is 354 g/mol. The number of anilines is 1. The van der Waals surface area contributed by atoms with Crippen molar-refractivity contribution in [3.8, 4) is 0 Å². The van der Waals surface area contributed by atoms with Crippen LogP contribution in [0.25, 0.3) is 0 Å². The lowest BCUT2D eigenvalue weighted by atomic mass is 9.63. The molecule has 4 rings (SSSR count). The number of H-pyrrole nitrogens is 1. The van der Waals surface area contributed by atoms with E-state index in [1.54, 1.807) is 35.4 Å². The van der Waals surface area contributed by atoms with Crippen LogP contribution in [-0.4, -0.2) is 20.7 Å². The molecule has 2 saturated carbocycles. The standard InChI is InChI=1S/C20H26N4O2/c25-19(10-18(14-4-1-5-14)15-6-2-7-15)23-17-11-22-24(13-17)12-16-8-3-9-21-20(16)26/h3,8-9,11,13-15,18H,1-2,4-7,10,12H2,(H,21,26)(H,23,25). The van der Waals surface area contributed by atoms with Crippen LogP contribution in [0.2, 0.25) is 0 Å². The van der Waals surface area contributed by atoms with Gasteiger partial charge in [0.1, 0.15) is 0 Å². The molecule has 0 radical (unpaired) electrons. The summed E-state index contributed by atoms with van der Waals surface area (Å²) in [6, 6.07) is 3.57. The highest BCUT2D eigenvalue weighted by molar-refractivity contribution is 5.90. The maximum atomic E-state index is 12.5. The Morgan fingerprint density at radius 2 is 2.00 bits per heavy atom. The van der Waals surface area contributed by atoms with Gasteiger partial charge in [0.2, 0.25) is 5.91 Å². The monoisotopic (exact) mass is 354 g/mol. The van der Waals surface area contributed by atoms with Crippen LogP contribution in [0, 0.1) is 17.8 Å². The molecule has 0 bridgehead atoms. The van der Waals surface area contributed by atoms with E-state index in [-0.39, 0.29) is 11.5 Å². The van der Waals surface area contributed by atoms with Crippen LogP contribution < -0.4 is 10.9 Å². The van der Waals surface area contributed by atoms with Crippen LogP contribution in [0.3, 0.4) is 0 Å². The lowest BCUT2D eigenvalue weighted by molar-refractivity contribution is -0.118. The second-order valence-corrected chi connectivity index (χ2v) is 7.75. The molecule has 138 valence electrons. The van der Waals surface area contributed by atoms with Crippen LogP contribution in [0.5, 0.6) is 0 Å². The Morgan fingerprint density at radius 1 is 1.27 bits per heavy atom. The zero-order chi connectivity index (χ0) is 17.9. The fraction of sp³-hybridized carbons (Fsp3) is 0.550.